The highest BCUT2D eigenvalue weighted by Gasteiger charge is 2.58. The molecule has 0 radical (unpaired) electrons. The van der Waals surface area contributed by atoms with Crippen molar-refractivity contribution in [2.24, 2.45) is 4.99 Å². The highest BCUT2D eigenvalue weighted by atomic mass is 32.2. The highest BCUT2D eigenvalue weighted by Crippen LogP contribution is 2.39. The van der Waals surface area contributed by atoms with Gasteiger partial charge in [-0.25, -0.2) is 14.3 Å². The lowest BCUT2D eigenvalue weighted by Crippen LogP contribution is -2.47. The summed E-state index contributed by atoms with van der Waals surface area (Å²) in [5.41, 5.74) is -2.64. The van der Waals surface area contributed by atoms with Crippen LogP contribution in [0.3, 0.4) is 0 Å². The topological polar surface area (TPSA) is 54.3 Å². The monoisotopic (exact) mass is 402 g/mol. The van der Waals surface area contributed by atoms with Gasteiger partial charge in [0.05, 0.1) is 25.7 Å². The number of hydrogen-bond acceptors (Lipinski definition) is 6. The zero-order valence-corrected chi connectivity index (χ0v) is 14.7. The first-order valence-electron chi connectivity index (χ1n) is 7.63. The predicted molar refractivity (Wildman–Crippen MR) is 91.7 cm³/mol. The molecule has 10 heteroatoms. The van der Waals surface area contributed by atoms with Crippen LogP contribution in [-0.2, 0) is 9.22 Å². The minimum Gasteiger partial charge on any atom is -0.361 e. The molecule has 144 valence electrons. The second kappa shape index (κ2) is 7.47. The van der Waals surface area contributed by atoms with Gasteiger partial charge in [-0.05, 0) is 36.4 Å². The SMILES string of the molecule is COOSc1ccc(C2=NC(O)(C(F)(F)F)CN2c2ccc(F)cc2)cc1. The minimum atomic E-state index is -4.96. The molecule has 1 N–H and O–H groups in total. The van der Waals surface area contributed by atoms with E-state index in [1.807, 2.05) is 0 Å². The summed E-state index contributed by atoms with van der Waals surface area (Å²) in [7, 11) is 1.34. The van der Waals surface area contributed by atoms with Crippen LogP contribution in [0.4, 0.5) is 23.2 Å². The van der Waals surface area contributed by atoms with Gasteiger partial charge in [0.1, 0.15) is 11.7 Å². The van der Waals surface area contributed by atoms with Crippen molar-refractivity contribution in [1.82, 2.24) is 0 Å². The summed E-state index contributed by atoms with van der Waals surface area (Å²) in [5, 5.41) is 10.0. The molecule has 0 aromatic heterocycles. The van der Waals surface area contributed by atoms with Gasteiger partial charge in [-0.15, -0.1) is 0 Å². The molecule has 27 heavy (non-hydrogen) atoms. The molecule has 0 aliphatic carbocycles. The van der Waals surface area contributed by atoms with E-state index in [0.717, 1.165) is 24.2 Å². The van der Waals surface area contributed by atoms with Crippen molar-refractivity contribution in [2.75, 3.05) is 18.6 Å². The Morgan fingerprint density at radius 3 is 2.30 bits per heavy atom. The summed E-state index contributed by atoms with van der Waals surface area (Å²) >= 11 is 0.928. The van der Waals surface area contributed by atoms with Crippen LogP contribution in [-0.4, -0.2) is 36.5 Å². The number of halogens is 4. The number of amidine groups is 1. The molecule has 5 nitrogen and oxygen atoms in total. The molecule has 0 fully saturated rings. The number of β-amino-alcohol motifs (C(OH)–C–C–N with tert-alkyl or cyclic N) is 1. The van der Waals surface area contributed by atoms with Crippen LogP contribution in [0.15, 0.2) is 58.4 Å². The molecule has 1 aliphatic rings. The van der Waals surface area contributed by atoms with E-state index in [2.05, 4.69) is 9.88 Å². The average Bonchev–Trinajstić information content (AvgIpc) is 3.00. The van der Waals surface area contributed by atoms with E-state index in [1.54, 1.807) is 24.3 Å². The van der Waals surface area contributed by atoms with Crippen LogP contribution in [0.5, 0.6) is 0 Å². The predicted octanol–water partition coefficient (Wildman–Crippen LogP) is 3.93. The molecule has 1 aliphatic heterocycles. The van der Waals surface area contributed by atoms with Gasteiger partial charge >= 0.3 is 6.18 Å². The third kappa shape index (κ3) is 4.08. The number of alkyl halides is 3. The summed E-state index contributed by atoms with van der Waals surface area (Å²) in [6.07, 6.45) is -4.96. The number of anilines is 1. The smallest absolute Gasteiger partial charge is 0.361 e. The third-order valence-electron chi connectivity index (χ3n) is 3.83. The van der Waals surface area contributed by atoms with Gasteiger partial charge < -0.3 is 10.0 Å². The van der Waals surface area contributed by atoms with Crippen molar-refractivity contribution >= 4 is 23.6 Å². The maximum atomic E-state index is 13.3. The molecule has 2 aromatic rings. The minimum absolute atomic E-state index is 0.0781. The largest absolute Gasteiger partial charge is 0.440 e. The van der Waals surface area contributed by atoms with Gasteiger partial charge in [0.2, 0.25) is 0 Å². The van der Waals surface area contributed by atoms with Crippen LogP contribution >= 0.6 is 12.0 Å². The van der Waals surface area contributed by atoms with Crippen LogP contribution in [0.2, 0.25) is 0 Å². The van der Waals surface area contributed by atoms with Crippen LogP contribution in [0, 0.1) is 5.82 Å². The van der Waals surface area contributed by atoms with Crippen LogP contribution < -0.4 is 4.90 Å². The van der Waals surface area contributed by atoms with Gasteiger partial charge in [-0.3, -0.25) is 0 Å². The first-order valence-corrected chi connectivity index (χ1v) is 8.37. The maximum absolute atomic E-state index is 13.3. The number of aliphatic hydroxyl groups is 1. The van der Waals surface area contributed by atoms with E-state index in [-0.39, 0.29) is 11.5 Å². The van der Waals surface area contributed by atoms with E-state index in [4.69, 9.17) is 4.33 Å². The fourth-order valence-electron chi connectivity index (χ4n) is 2.51. The zero-order valence-electron chi connectivity index (χ0n) is 13.9. The number of nitrogens with zero attached hydrogens (tertiary/aromatic N) is 2. The fourth-order valence-corrected chi connectivity index (χ4v) is 2.90. The van der Waals surface area contributed by atoms with Crippen LogP contribution in [0.1, 0.15) is 5.56 Å². The standard InChI is InChI=1S/C17H14F4N2O3S/c1-25-26-27-14-8-2-11(3-9-14)15-22-16(24,17(19,20)21)10-23(15)13-6-4-12(18)5-7-13/h2-9,24H,10H2,1H3. The van der Waals surface area contributed by atoms with Crippen molar-refractivity contribution in [3.05, 3.63) is 59.9 Å². The van der Waals surface area contributed by atoms with Crippen LogP contribution in [0.25, 0.3) is 0 Å². The van der Waals surface area contributed by atoms with Gasteiger partial charge in [-0.1, -0.05) is 12.1 Å². The zero-order chi connectivity index (χ0) is 19.7. The first kappa shape index (κ1) is 19.6. The quantitative estimate of drug-likeness (QED) is 0.356. The summed E-state index contributed by atoms with van der Waals surface area (Å²) in [5.74, 6) is -0.604. The fraction of sp³-hybridized carbons (Fsp3) is 0.235. The molecule has 1 unspecified atom stereocenters. The number of aliphatic imine (C=N–C) groups is 1. The summed E-state index contributed by atoms with van der Waals surface area (Å²) in [6, 6.07) is 11.2. The van der Waals surface area contributed by atoms with E-state index in [0.29, 0.717) is 10.5 Å². The summed E-state index contributed by atoms with van der Waals surface area (Å²) in [4.78, 5) is 9.86. The summed E-state index contributed by atoms with van der Waals surface area (Å²) < 4.78 is 57.8. The maximum Gasteiger partial charge on any atom is 0.440 e. The normalized spacial score (nSPS) is 20.1. The molecule has 0 saturated carbocycles. The van der Waals surface area contributed by atoms with Gasteiger partial charge in [0, 0.05) is 16.1 Å². The first-order chi connectivity index (χ1) is 12.7. The highest BCUT2D eigenvalue weighted by molar-refractivity contribution is 7.94. The Morgan fingerprint density at radius 1 is 1.11 bits per heavy atom. The van der Waals surface area contributed by atoms with Gasteiger partial charge in [0.25, 0.3) is 5.72 Å². The molecule has 0 spiro atoms. The number of hydrogen-bond donors (Lipinski definition) is 1. The van der Waals surface area contributed by atoms with Crippen molar-refractivity contribution < 1.29 is 31.9 Å². The molecule has 2 aromatic carbocycles. The second-order valence-electron chi connectivity index (χ2n) is 5.65. The molecule has 1 atom stereocenters. The van der Waals surface area contributed by atoms with Crippen molar-refractivity contribution in [2.45, 2.75) is 16.8 Å². The van der Waals surface area contributed by atoms with E-state index in [9.17, 15) is 22.7 Å². The molecule has 0 saturated heterocycles. The van der Waals surface area contributed by atoms with Crippen molar-refractivity contribution in [3.63, 3.8) is 0 Å². The van der Waals surface area contributed by atoms with Gasteiger partial charge in [-0.2, -0.15) is 17.5 Å². The Kier molecular flexibility index (Phi) is 5.43. The molecule has 3 rings (SSSR count). The molecular weight excluding hydrogens is 388 g/mol. The van der Waals surface area contributed by atoms with E-state index in [1.165, 1.54) is 24.1 Å². The molecule has 0 amide bonds. The lowest BCUT2D eigenvalue weighted by Gasteiger charge is -2.25. The Hall–Kier alpha value is -2.14. The molecule has 0 bridgehead atoms. The van der Waals surface area contributed by atoms with E-state index < -0.39 is 24.3 Å². The lowest BCUT2D eigenvalue weighted by molar-refractivity contribution is -0.249. The Balaban J connectivity index is 1.98. The number of benzene rings is 2. The summed E-state index contributed by atoms with van der Waals surface area (Å²) in [6.45, 7) is -0.833. The Morgan fingerprint density at radius 2 is 1.74 bits per heavy atom. The van der Waals surface area contributed by atoms with E-state index >= 15 is 0 Å². The third-order valence-corrected chi connectivity index (χ3v) is 4.50. The van der Waals surface area contributed by atoms with Gasteiger partial charge in [0.15, 0.2) is 0 Å². The molecular formula is C17H14F4N2O3S. The van der Waals surface area contributed by atoms with Crippen molar-refractivity contribution in [1.29, 1.82) is 0 Å². The number of rotatable bonds is 5. The molecule has 1 heterocycles. The Bertz CT molecular complexity index is 828. The second-order valence-corrected chi connectivity index (χ2v) is 6.43. The lowest BCUT2D eigenvalue weighted by atomic mass is 10.1. The Labute approximate surface area is 156 Å². The average molecular weight is 402 g/mol. The van der Waals surface area contributed by atoms with Crippen molar-refractivity contribution in [3.8, 4) is 0 Å².